The molecule has 19 nitrogen and oxygen atoms in total. The molecule has 3 fully saturated rings. The van der Waals surface area contributed by atoms with Gasteiger partial charge < -0.3 is 71.1 Å². The zero-order valence-electron chi connectivity index (χ0n) is 58.1. The van der Waals surface area contributed by atoms with Gasteiger partial charge in [-0.3, -0.25) is 19.3 Å². The Bertz CT molecular complexity index is 4030. The van der Waals surface area contributed by atoms with E-state index in [4.69, 9.17) is 71.1 Å². The van der Waals surface area contributed by atoms with Crippen LogP contribution >= 0.6 is 0 Å². The van der Waals surface area contributed by atoms with Crippen LogP contribution in [0, 0.1) is 0 Å². The Morgan fingerprint density at radius 2 is 0.577 bits per heavy atom. The van der Waals surface area contributed by atoms with Crippen molar-refractivity contribution in [1.82, 2.24) is 4.90 Å². The number of esters is 1. The van der Waals surface area contributed by atoms with Gasteiger partial charge in [-0.1, -0.05) is 255 Å². The van der Waals surface area contributed by atoms with Crippen LogP contribution in [-0.2, 0) is 129 Å². The van der Waals surface area contributed by atoms with Gasteiger partial charge in [0.2, 0.25) is 0 Å². The molecule has 0 N–H and O–H groups in total. The quantitative estimate of drug-likeness (QED) is 0.0273. The summed E-state index contributed by atoms with van der Waals surface area (Å²) < 4.78 is 104. The van der Waals surface area contributed by atoms with Crippen LogP contribution in [0.25, 0.3) is 0 Å². The summed E-state index contributed by atoms with van der Waals surface area (Å²) >= 11 is 0. The number of carbonyl (C=O) groups is 3. The molecule has 2 amide bonds. The highest BCUT2D eigenvalue weighted by Gasteiger charge is 2.58. The first-order chi connectivity index (χ1) is 51.2. The largest absolute Gasteiger partial charge is 0.457 e. The average Bonchev–Trinajstić information content (AvgIpc) is 1.41. The van der Waals surface area contributed by atoms with Gasteiger partial charge in [0.15, 0.2) is 25.0 Å². The van der Waals surface area contributed by atoms with Crippen molar-refractivity contribution in [1.29, 1.82) is 0 Å². The SMILES string of the molecule is CO[C@H]1O[C@H](CO[C@@H]2O[C@H](CO[C@H]3O[C@H](COCc4ccccc4)[C@@H](OCc4ccccc4)[C@H](OCc4ccccc4)[C@H]3OCc3ccccc3)[C@@H](OCc3ccccc3)[C@H](OC(C)=O)[C@H]2N2C(=O)c3ccccc3C2=O)[C@@H](OCc2ccccc2)[C@H](OCc2ccccc2)[C@H]1OCc1ccccc1. The predicted molar refractivity (Wildman–Crippen MR) is 382 cm³/mol. The van der Waals surface area contributed by atoms with Crippen molar-refractivity contribution in [2.75, 3.05) is 26.9 Å². The van der Waals surface area contributed by atoms with Gasteiger partial charge in [0.25, 0.3) is 11.8 Å². The van der Waals surface area contributed by atoms with Gasteiger partial charge in [0, 0.05) is 14.0 Å². The number of methoxy groups -OCH3 is 1. The minimum Gasteiger partial charge on any atom is -0.457 e. The molecule has 4 aliphatic rings. The monoisotopic (exact) mass is 1410 g/mol. The topological polar surface area (TPSA) is 193 Å². The number of hydrogen-bond acceptors (Lipinski definition) is 18. The van der Waals surface area contributed by atoms with E-state index in [-0.39, 0.29) is 83.8 Å². The normalized spacial score (nSPS) is 25.3. The molecule has 19 heteroatoms. The molecular formula is C85H87NO18. The van der Waals surface area contributed by atoms with E-state index in [0.717, 1.165) is 49.4 Å². The summed E-state index contributed by atoms with van der Waals surface area (Å²) in [5.74, 6) is -2.10. The molecule has 0 bridgehead atoms. The molecule has 9 aromatic carbocycles. The number of benzene rings is 9. The highest BCUT2D eigenvalue weighted by atomic mass is 16.8. The molecule has 0 saturated carbocycles. The Kier molecular flexibility index (Phi) is 26.2. The lowest BCUT2D eigenvalue weighted by Crippen LogP contribution is -2.68. The van der Waals surface area contributed by atoms with E-state index in [1.54, 1.807) is 24.3 Å². The minimum absolute atomic E-state index is 0.0290. The number of fused-ring (bicyclic) bond motifs is 1. The van der Waals surface area contributed by atoms with Crippen LogP contribution in [0.5, 0.6) is 0 Å². The summed E-state index contributed by atoms with van der Waals surface area (Å²) in [4.78, 5) is 45.6. The van der Waals surface area contributed by atoms with E-state index in [0.29, 0.717) is 0 Å². The summed E-state index contributed by atoms with van der Waals surface area (Å²) in [6.45, 7) is 1.67. The first-order valence-corrected chi connectivity index (χ1v) is 35.3. The molecule has 0 spiro atoms. The van der Waals surface area contributed by atoms with Gasteiger partial charge >= 0.3 is 5.97 Å². The van der Waals surface area contributed by atoms with Crippen molar-refractivity contribution in [2.45, 2.75) is 152 Å². The maximum Gasteiger partial charge on any atom is 0.303 e. The van der Waals surface area contributed by atoms with E-state index in [2.05, 4.69) is 0 Å². The predicted octanol–water partition coefficient (Wildman–Crippen LogP) is 12.8. The van der Waals surface area contributed by atoms with Gasteiger partial charge in [-0.2, -0.15) is 0 Å². The van der Waals surface area contributed by atoms with Crippen molar-refractivity contribution in [3.8, 4) is 0 Å². The average molecular weight is 1410 g/mol. The fourth-order valence-corrected chi connectivity index (χ4v) is 13.5. The van der Waals surface area contributed by atoms with E-state index in [1.165, 1.54) is 14.0 Å². The Balaban J connectivity index is 0.886. The highest BCUT2D eigenvalue weighted by Crippen LogP contribution is 2.40. The van der Waals surface area contributed by atoms with Crippen molar-refractivity contribution in [3.05, 3.63) is 323 Å². The van der Waals surface area contributed by atoms with E-state index < -0.39 is 110 Å². The Labute approximate surface area is 606 Å². The zero-order valence-corrected chi connectivity index (χ0v) is 58.1. The summed E-state index contributed by atoms with van der Waals surface area (Å²) in [5.41, 5.74) is 7.32. The maximum absolute atomic E-state index is 15.2. The van der Waals surface area contributed by atoms with Gasteiger partial charge in [0.05, 0.1) is 83.8 Å². The second-order valence-electron chi connectivity index (χ2n) is 26.0. The van der Waals surface area contributed by atoms with E-state index in [1.807, 2.05) is 243 Å². The zero-order chi connectivity index (χ0) is 71.2. The molecule has 104 heavy (non-hydrogen) atoms. The Hall–Kier alpha value is -8.97. The molecule has 3 saturated heterocycles. The number of amides is 2. The third-order valence-electron chi connectivity index (χ3n) is 18.7. The first kappa shape index (κ1) is 73.3. The first-order valence-electron chi connectivity index (χ1n) is 35.3. The molecule has 0 aliphatic carbocycles. The number of rotatable bonds is 34. The van der Waals surface area contributed by atoms with Crippen LogP contribution in [0.2, 0.25) is 0 Å². The third-order valence-corrected chi connectivity index (χ3v) is 18.7. The summed E-state index contributed by atoms with van der Waals surface area (Å²) in [5, 5.41) is 0. The standard InChI is InChI=1S/C85H87NO18/c1-58(87)101-76-72(86-81(88)67-45-27-28-46-68(67)82(86)89)83(99-56-71-75(94-50-62-35-17-6-18-36-62)77(95-51-63-37-19-7-20-38-63)79(84(90-2)103-71)97-53-65-41-23-9-24-42-65)102-70(73(76)92-48-60-31-13-4-14-32-60)57-100-85-80(98-54-66-43-25-10-26-44-66)78(96-52-64-39-21-8-22-40-64)74(93-49-61-33-15-5-16-34-61)69(104-85)55-91-47-59-29-11-3-12-30-59/h3-46,69-80,83-85H,47-57H2,1-2H3/t69-,70-,71-,72-,73-,74-,75-,76-,77+,78+,79-,80-,83-,84+,85+/m1/s1. The second-order valence-corrected chi connectivity index (χ2v) is 26.0. The van der Waals surface area contributed by atoms with Crippen molar-refractivity contribution < 1.29 is 85.4 Å². The molecule has 540 valence electrons. The molecule has 9 aromatic rings. The van der Waals surface area contributed by atoms with Crippen LogP contribution in [0.1, 0.15) is 72.1 Å². The fourth-order valence-electron chi connectivity index (χ4n) is 13.5. The Morgan fingerprint density at radius 1 is 0.308 bits per heavy atom. The van der Waals surface area contributed by atoms with Crippen LogP contribution in [0.15, 0.2) is 267 Å². The highest BCUT2D eigenvalue weighted by molar-refractivity contribution is 6.21. The maximum atomic E-state index is 15.2. The van der Waals surface area contributed by atoms with Gasteiger partial charge in [0.1, 0.15) is 67.1 Å². The van der Waals surface area contributed by atoms with Crippen LogP contribution in [-0.4, -0.2) is 142 Å². The Morgan fingerprint density at radius 3 is 0.923 bits per heavy atom. The lowest BCUT2D eigenvalue weighted by atomic mass is 9.94. The lowest BCUT2D eigenvalue weighted by molar-refractivity contribution is -0.350. The lowest BCUT2D eigenvalue weighted by Gasteiger charge is -2.49. The van der Waals surface area contributed by atoms with Crippen LogP contribution in [0.4, 0.5) is 0 Å². The van der Waals surface area contributed by atoms with Crippen LogP contribution in [0.3, 0.4) is 0 Å². The molecule has 13 rings (SSSR count). The smallest absolute Gasteiger partial charge is 0.303 e. The van der Waals surface area contributed by atoms with Gasteiger partial charge in [-0.25, -0.2) is 0 Å². The molecule has 4 heterocycles. The summed E-state index contributed by atoms with van der Waals surface area (Å²) in [7, 11) is 1.52. The summed E-state index contributed by atoms with van der Waals surface area (Å²) in [6, 6.07) is 82.9. The molecule has 4 aliphatic heterocycles. The molecular weight excluding hydrogens is 1320 g/mol. The second kappa shape index (κ2) is 37.1. The molecule has 0 aromatic heterocycles. The van der Waals surface area contributed by atoms with Gasteiger partial charge in [-0.15, -0.1) is 0 Å². The number of ether oxygens (including phenoxy) is 15. The summed E-state index contributed by atoms with van der Waals surface area (Å²) in [6.07, 6.45) is -15.4. The number of carbonyl (C=O) groups excluding carboxylic acids is 3. The number of nitrogens with zero attached hydrogens (tertiary/aromatic N) is 1. The van der Waals surface area contributed by atoms with Gasteiger partial charge in [-0.05, 0) is 56.6 Å². The molecule has 0 radical (unpaired) electrons. The van der Waals surface area contributed by atoms with Crippen molar-refractivity contribution in [3.63, 3.8) is 0 Å². The number of hydrogen-bond donors (Lipinski definition) is 0. The van der Waals surface area contributed by atoms with E-state index >= 15 is 9.59 Å². The minimum atomic E-state index is -1.63. The van der Waals surface area contributed by atoms with Crippen molar-refractivity contribution in [2.24, 2.45) is 0 Å². The molecule has 15 atom stereocenters. The fraction of sp³-hybridized carbons (Fsp3) is 0.329. The number of imide groups is 1. The molecule has 0 unspecified atom stereocenters. The van der Waals surface area contributed by atoms with Crippen molar-refractivity contribution >= 4 is 17.8 Å². The van der Waals surface area contributed by atoms with E-state index in [9.17, 15) is 4.79 Å². The van der Waals surface area contributed by atoms with Crippen LogP contribution < -0.4 is 0 Å². The third kappa shape index (κ3) is 19.1.